The maximum Gasteiger partial charge on any atom is 0.313 e. The number of nitrogens with zero attached hydrogens (tertiary/aromatic N) is 2. The lowest BCUT2D eigenvalue weighted by Gasteiger charge is -2.12. The number of aryl methyl sites for hydroxylation is 2. The van der Waals surface area contributed by atoms with Crippen LogP contribution in [0.5, 0.6) is 0 Å². The first-order valence-corrected chi connectivity index (χ1v) is 7.42. The Balaban J connectivity index is 2.46. The van der Waals surface area contributed by atoms with E-state index in [9.17, 15) is 4.79 Å². The number of aromatic nitrogens is 2. The molecule has 4 nitrogen and oxygen atoms in total. The molecule has 0 spiro atoms. The van der Waals surface area contributed by atoms with Crippen molar-refractivity contribution < 1.29 is 9.90 Å². The zero-order chi connectivity index (χ0) is 14.0. The van der Waals surface area contributed by atoms with E-state index >= 15 is 0 Å². The average molecular weight is 341 g/mol. The Hall–Kier alpha value is -1.27. The second-order valence-electron chi connectivity index (χ2n) is 4.15. The summed E-state index contributed by atoms with van der Waals surface area (Å²) < 4.78 is 2.92. The van der Waals surface area contributed by atoms with E-state index in [1.54, 1.807) is 6.20 Å². The zero-order valence-corrected chi connectivity index (χ0v) is 13.0. The van der Waals surface area contributed by atoms with Gasteiger partial charge in [0, 0.05) is 16.4 Å². The van der Waals surface area contributed by atoms with Crippen LogP contribution in [0.1, 0.15) is 11.3 Å². The molecule has 0 radical (unpaired) electrons. The normalized spacial score (nSPS) is 10.7. The number of thioether (sulfide) groups is 1. The molecule has 2 aromatic rings. The molecule has 2 rings (SSSR count). The van der Waals surface area contributed by atoms with Gasteiger partial charge in [0.25, 0.3) is 0 Å². The van der Waals surface area contributed by atoms with Crippen molar-refractivity contribution in [2.75, 3.05) is 5.75 Å². The summed E-state index contributed by atoms with van der Waals surface area (Å²) in [5.41, 5.74) is 3.09. The lowest BCUT2D eigenvalue weighted by Crippen LogP contribution is -2.03. The molecule has 19 heavy (non-hydrogen) atoms. The molecule has 0 saturated heterocycles. The molecule has 1 N–H and O–H groups in total. The number of halogens is 1. The Morgan fingerprint density at radius 3 is 2.89 bits per heavy atom. The molecular weight excluding hydrogens is 328 g/mol. The number of hydrogen-bond acceptors (Lipinski definition) is 3. The van der Waals surface area contributed by atoms with E-state index in [0.29, 0.717) is 5.16 Å². The molecule has 0 aliphatic heterocycles. The van der Waals surface area contributed by atoms with Crippen LogP contribution in [0, 0.1) is 13.8 Å². The maximum absolute atomic E-state index is 10.7. The number of aliphatic carboxylic acids is 1. The van der Waals surface area contributed by atoms with Crippen molar-refractivity contribution in [3.05, 3.63) is 40.1 Å². The van der Waals surface area contributed by atoms with Crippen LogP contribution in [0.3, 0.4) is 0 Å². The van der Waals surface area contributed by atoms with Gasteiger partial charge in [0.15, 0.2) is 5.16 Å². The van der Waals surface area contributed by atoms with E-state index in [1.165, 1.54) is 11.8 Å². The van der Waals surface area contributed by atoms with E-state index in [1.807, 2.05) is 36.6 Å². The van der Waals surface area contributed by atoms with Gasteiger partial charge >= 0.3 is 5.97 Å². The van der Waals surface area contributed by atoms with Gasteiger partial charge in [-0.15, -0.1) is 0 Å². The van der Waals surface area contributed by atoms with E-state index in [2.05, 4.69) is 20.9 Å². The number of carbonyl (C=O) groups is 1. The van der Waals surface area contributed by atoms with Crippen LogP contribution in [-0.4, -0.2) is 26.4 Å². The van der Waals surface area contributed by atoms with E-state index < -0.39 is 5.97 Å². The van der Waals surface area contributed by atoms with Gasteiger partial charge in [-0.2, -0.15) is 0 Å². The molecular formula is C13H13BrN2O2S. The Kier molecular flexibility index (Phi) is 4.31. The Morgan fingerprint density at radius 2 is 2.21 bits per heavy atom. The zero-order valence-electron chi connectivity index (χ0n) is 10.6. The van der Waals surface area contributed by atoms with Gasteiger partial charge in [-0.05, 0) is 47.5 Å². The molecule has 0 aliphatic carbocycles. The lowest BCUT2D eigenvalue weighted by molar-refractivity contribution is -0.133. The van der Waals surface area contributed by atoms with Crippen molar-refractivity contribution in [3.8, 4) is 5.69 Å². The summed E-state index contributed by atoms with van der Waals surface area (Å²) in [5, 5.41) is 9.46. The monoisotopic (exact) mass is 340 g/mol. The summed E-state index contributed by atoms with van der Waals surface area (Å²) in [6.07, 6.45) is 1.75. The minimum Gasteiger partial charge on any atom is -0.481 e. The molecule has 1 heterocycles. The van der Waals surface area contributed by atoms with Gasteiger partial charge < -0.3 is 5.11 Å². The summed E-state index contributed by atoms with van der Waals surface area (Å²) >= 11 is 4.74. The molecule has 0 aliphatic rings. The molecule has 0 unspecified atom stereocenters. The van der Waals surface area contributed by atoms with E-state index in [0.717, 1.165) is 21.4 Å². The van der Waals surface area contributed by atoms with Crippen LogP contribution in [0.2, 0.25) is 0 Å². The third kappa shape index (κ3) is 3.19. The van der Waals surface area contributed by atoms with Gasteiger partial charge in [0.05, 0.1) is 11.4 Å². The molecule has 1 aromatic heterocycles. The second kappa shape index (κ2) is 5.79. The first-order chi connectivity index (χ1) is 8.99. The van der Waals surface area contributed by atoms with Crippen LogP contribution >= 0.6 is 27.7 Å². The summed E-state index contributed by atoms with van der Waals surface area (Å²) in [4.78, 5) is 15.0. The fourth-order valence-electron chi connectivity index (χ4n) is 1.73. The SMILES string of the molecule is Cc1ccc(Br)c(-n2c(C)cnc2SCC(=O)O)c1. The van der Waals surface area contributed by atoms with Gasteiger partial charge in [-0.1, -0.05) is 17.8 Å². The quantitative estimate of drug-likeness (QED) is 0.866. The third-order valence-electron chi connectivity index (χ3n) is 2.57. The predicted molar refractivity (Wildman–Crippen MR) is 79.1 cm³/mol. The lowest BCUT2D eigenvalue weighted by atomic mass is 10.2. The van der Waals surface area contributed by atoms with Gasteiger partial charge in [0.1, 0.15) is 0 Å². The van der Waals surface area contributed by atoms with Crippen molar-refractivity contribution in [1.29, 1.82) is 0 Å². The first kappa shape index (κ1) is 14.1. The number of hydrogen-bond donors (Lipinski definition) is 1. The van der Waals surface area contributed by atoms with E-state index in [-0.39, 0.29) is 5.75 Å². The van der Waals surface area contributed by atoms with Crippen molar-refractivity contribution >= 4 is 33.7 Å². The Bertz CT molecular complexity index is 625. The smallest absolute Gasteiger partial charge is 0.313 e. The minimum atomic E-state index is -0.847. The Morgan fingerprint density at radius 1 is 1.47 bits per heavy atom. The van der Waals surface area contributed by atoms with Gasteiger partial charge in [0.2, 0.25) is 0 Å². The van der Waals surface area contributed by atoms with Crippen LogP contribution < -0.4 is 0 Å². The minimum absolute atomic E-state index is 0.000111. The number of rotatable bonds is 4. The summed E-state index contributed by atoms with van der Waals surface area (Å²) in [6.45, 7) is 3.97. The highest BCUT2D eigenvalue weighted by Gasteiger charge is 2.13. The van der Waals surface area contributed by atoms with Gasteiger partial charge in [-0.25, -0.2) is 4.98 Å². The molecule has 1 aromatic carbocycles. The van der Waals surface area contributed by atoms with Crippen molar-refractivity contribution in [2.45, 2.75) is 19.0 Å². The number of carboxylic acids is 1. The molecule has 0 saturated carbocycles. The topological polar surface area (TPSA) is 55.1 Å². The first-order valence-electron chi connectivity index (χ1n) is 5.64. The average Bonchev–Trinajstić information content (AvgIpc) is 2.71. The fraction of sp³-hybridized carbons (Fsp3) is 0.231. The highest BCUT2D eigenvalue weighted by atomic mass is 79.9. The molecule has 0 bridgehead atoms. The molecule has 0 amide bonds. The standard InChI is InChI=1S/C13H13BrN2O2S/c1-8-3-4-10(14)11(5-8)16-9(2)6-15-13(16)19-7-12(17)18/h3-6H,7H2,1-2H3,(H,17,18). The van der Waals surface area contributed by atoms with Crippen LogP contribution in [0.15, 0.2) is 34.0 Å². The van der Waals surface area contributed by atoms with Gasteiger partial charge in [-0.3, -0.25) is 9.36 Å². The fourth-order valence-corrected chi connectivity index (χ4v) is 2.91. The second-order valence-corrected chi connectivity index (χ2v) is 5.95. The van der Waals surface area contributed by atoms with Crippen molar-refractivity contribution in [2.24, 2.45) is 0 Å². The molecule has 0 atom stereocenters. The van der Waals surface area contributed by atoms with Crippen LogP contribution in [-0.2, 0) is 4.79 Å². The summed E-state index contributed by atoms with van der Waals surface area (Å²) in [7, 11) is 0. The predicted octanol–water partition coefficient (Wildman–Crippen LogP) is 3.43. The molecule has 0 fully saturated rings. The molecule has 6 heteroatoms. The third-order valence-corrected chi connectivity index (χ3v) is 4.18. The highest BCUT2D eigenvalue weighted by molar-refractivity contribution is 9.10. The largest absolute Gasteiger partial charge is 0.481 e. The summed E-state index contributed by atoms with van der Waals surface area (Å²) in [6, 6.07) is 6.04. The van der Waals surface area contributed by atoms with Crippen LogP contribution in [0.4, 0.5) is 0 Å². The van der Waals surface area contributed by atoms with E-state index in [4.69, 9.17) is 5.11 Å². The van der Waals surface area contributed by atoms with Crippen molar-refractivity contribution in [3.63, 3.8) is 0 Å². The number of carboxylic acid groups (broad SMARTS) is 1. The highest BCUT2D eigenvalue weighted by Crippen LogP contribution is 2.28. The maximum atomic E-state index is 10.7. The van der Waals surface area contributed by atoms with Crippen molar-refractivity contribution in [1.82, 2.24) is 9.55 Å². The Labute approximate surface area is 124 Å². The molecule has 100 valence electrons. The number of imidazole rings is 1. The van der Waals surface area contributed by atoms with Crippen LogP contribution in [0.25, 0.3) is 5.69 Å². The summed E-state index contributed by atoms with van der Waals surface area (Å²) in [5.74, 6) is -0.847. The number of benzene rings is 1.